The van der Waals surface area contributed by atoms with Gasteiger partial charge in [-0.2, -0.15) is 0 Å². The zero-order chi connectivity index (χ0) is 11.8. The molecular formula is C14H16BNO. The molecule has 1 heterocycles. The summed E-state index contributed by atoms with van der Waals surface area (Å²) in [6, 6.07) is 6.75. The highest BCUT2D eigenvalue weighted by Gasteiger charge is 2.28. The second-order valence-electron chi connectivity index (χ2n) is 5.10. The second kappa shape index (κ2) is 4.21. The average Bonchev–Trinajstić information content (AvgIpc) is 2.73. The Morgan fingerprint density at radius 2 is 1.94 bits per heavy atom. The van der Waals surface area contributed by atoms with Gasteiger partial charge < -0.3 is 4.90 Å². The Bertz CT molecular complexity index is 448. The van der Waals surface area contributed by atoms with Gasteiger partial charge in [-0.3, -0.25) is 4.79 Å². The van der Waals surface area contributed by atoms with E-state index in [0.717, 1.165) is 44.1 Å². The van der Waals surface area contributed by atoms with Crippen molar-refractivity contribution in [2.75, 3.05) is 11.4 Å². The molecule has 2 aliphatic rings. The molecule has 1 aromatic rings. The predicted molar refractivity (Wildman–Crippen MR) is 70.1 cm³/mol. The quantitative estimate of drug-likeness (QED) is 0.672. The topological polar surface area (TPSA) is 20.3 Å². The lowest BCUT2D eigenvalue weighted by Gasteiger charge is -2.32. The lowest BCUT2D eigenvalue weighted by Crippen LogP contribution is -2.37. The van der Waals surface area contributed by atoms with E-state index in [9.17, 15) is 4.79 Å². The van der Waals surface area contributed by atoms with E-state index in [2.05, 4.69) is 17.0 Å². The van der Waals surface area contributed by atoms with Crippen LogP contribution in [0.2, 0.25) is 0 Å². The minimum absolute atomic E-state index is 0.429. The van der Waals surface area contributed by atoms with Crippen LogP contribution in [0.15, 0.2) is 18.2 Å². The molecule has 0 saturated heterocycles. The summed E-state index contributed by atoms with van der Waals surface area (Å²) >= 11 is 0. The van der Waals surface area contributed by atoms with E-state index < -0.39 is 0 Å². The molecule has 0 N–H and O–H groups in total. The van der Waals surface area contributed by atoms with Gasteiger partial charge in [0.2, 0.25) is 0 Å². The molecule has 0 unspecified atom stereocenters. The molecule has 1 aliphatic carbocycles. The van der Waals surface area contributed by atoms with Crippen molar-refractivity contribution >= 4 is 24.8 Å². The highest BCUT2D eigenvalue weighted by Crippen LogP contribution is 2.32. The average molecular weight is 225 g/mol. The molecule has 1 aromatic carbocycles. The van der Waals surface area contributed by atoms with Crippen LogP contribution in [-0.4, -0.2) is 26.2 Å². The van der Waals surface area contributed by atoms with Gasteiger partial charge in [0, 0.05) is 31.1 Å². The molecule has 0 atom stereocenters. The van der Waals surface area contributed by atoms with Gasteiger partial charge in [0.25, 0.3) is 0 Å². The van der Waals surface area contributed by atoms with Crippen LogP contribution in [0.1, 0.15) is 31.2 Å². The summed E-state index contributed by atoms with van der Waals surface area (Å²) in [5, 5.41) is 0. The summed E-state index contributed by atoms with van der Waals surface area (Å²) in [7, 11) is 5.81. The Morgan fingerprint density at radius 3 is 2.71 bits per heavy atom. The van der Waals surface area contributed by atoms with Crippen molar-refractivity contribution in [3.63, 3.8) is 0 Å². The van der Waals surface area contributed by atoms with Crippen LogP contribution in [0.25, 0.3) is 0 Å². The Hall–Kier alpha value is -1.25. The fourth-order valence-electron chi connectivity index (χ4n) is 3.06. The van der Waals surface area contributed by atoms with E-state index in [1.54, 1.807) is 0 Å². The Kier molecular flexibility index (Phi) is 2.69. The fraction of sp³-hybridized carbons (Fsp3) is 0.500. The van der Waals surface area contributed by atoms with E-state index in [4.69, 9.17) is 7.85 Å². The first-order chi connectivity index (χ1) is 8.24. The third kappa shape index (κ3) is 1.99. The minimum atomic E-state index is 0.429. The predicted octanol–water partition coefficient (Wildman–Crippen LogP) is 1.35. The van der Waals surface area contributed by atoms with Crippen LogP contribution in [0.5, 0.6) is 0 Å². The first-order valence-electron chi connectivity index (χ1n) is 6.41. The maximum Gasteiger partial charge on any atom is 0.133 e. The highest BCUT2D eigenvalue weighted by molar-refractivity contribution is 6.32. The number of Topliss-reactive ketones (excluding diaryl/α,β-unsaturated/α-hetero) is 1. The van der Waals surface area contributed by atoms with Crippen molar-refractivity contribution < 1.29 is 4.79 Å². The van der Waals surface area contributed by atoms with E-state index in [-0.39, 0.29) is 0 Å². The SMILES string of the molecule is [B]c1ccc2c(c1)CCN2C1CCC(=O)CC1. The fourth-order valence-corrected chi connectivity index (χ4v) is 3.06. The van der Waals surface area contributed by atoms with Crippen molar-refractivity contribution in [2.24, 2.45) is 0 Å². The Morgan fingerprint density at radius 1 is 1.18 bits per heavy atom. The van der Waals surface area contributed by atoms with E-state index in [1.165, 1.54) is 11.3 Å². The van der Waals surface area contributed by atoms with Gasteiger partial charge in [0.1, 0.15) is 13.6 Å². The van der Waals surface area contributed by atoms with Crippen LogP contribution >= 0.6 is 0 Å². The number of anilines is 1. The number of nitrogens with zero attached hydrogens (tertiary/aromatic N) is 1. The number of carbonyl (C=O) groups excluding carboxylic acids is 1. The Balaban J connectivity index is 1.81. The summed E-state index contributed by atoms with van der Waals surface area (Å²) in [5.74, 6) is 0.429. The molecule has 2 nitrogen and oxygen atoms in total. The maximum atomic E-state index is 11.3. The van der Waals surface area contributed by atoms with Crippen molar-refractivity contribution in [3.8, 4) is 0 Å². The third-order valence-corrected chi connectivity index (χ3v) is 3.99. The van der Waals surface area contributed by atoms with Gasteiger partial charge >= 0.3 is 0 Å². The van der Waals surface area contributed by atoms with Gasteiger partial charge in [0.05, 0.1) is 0 Å². The summed E-state index contributed by atoms with van der Waals surface area (Å²) in [6.45, 7) is 1.08. The zero-order valence-electron chi connectivity index (χ0n) is 9.98. The smallest absolute Gasteiger partial charge is 0.133 e. The number of rotatable bonds is 1. The van der Waals surface area contributed by atoms with Gasteiger partial charge in [-0.15, -0.1) is 0 Å². The molecular weight excluding hydrogens is 209 g/mol. The molecule has 86 valence electrons. The zero-order valence-corrected chi connectivity index (χ0v) is 9.98. The normalized spacial score (nSPS) is 20.7. The van der Waals surface area contributed by atoms with Crippen molar-refractivity contribution in [2.45, 2.75) is 38.1 Å². The minimum Gasteiger partial charge on any atom is -0.368 e. The van der Waals surface area contributed by atoms with E-state index >= 15 is 0 Å². The molecule has 1 fully saturated rings. The standard InChI is InChI=1S/C14H16BNO/c15-11-1-6-14-10(9-11)7-8-16(14)12-2-4-13(17)5-3-12/h1,6,9,12H,2-5,7-8H2. The van der Waals surface area contributed by atoms with E-state index in [1.807, 2.05) is 6.07 Å². The molecule has 0 amide bonds. The number of benzene rings is 1. The van der Waals surface area contributed by atoms with Crippen molar-refractivity contribution in [1.82, 2.24) is 0 Å². The number of carbonyl (C=O) groups is 1. The van der Waals surface area contributed by atoms with Gasteiger partial charge in [-0.25, -0.2) is 0 Å². The lowest BCUT2D eigenvalue weighted by molar-refractivity contribution is -0.120. The molecule has 3 rings (SSSR count). The monoisotopic (exact) mass is 225 g/mol. The number of ketones is 1. The molecule has 0 bridgehead atoms. The van der Waals surface area contributed by atoms with Gasteiger partial charge in [-0.05, 0) is 30.9 Å². The number of fused-ring (bicyclic) bond motifs is 1. The van der Waals surface area contributed by atoms with Crippen LogP contribution in [0.4, 0.5) is 5.69 Å². The first-order valence-corrected chi connectivity index (χ1v) is 6.41. The number of hydrogen-bond donors (Lipinski definition) is 0. The van der Waals surface area contributed by atoms with Crippen LogP contribution in [-0.2, 0) is 11.2 Å². The maximum absolute atomic E-state index is 11.3. The molecule has 0 aromatic heterocycles. The lowest BCUT2D eigenvalue weighted by atomic mass is 9.92. The summed E-state index contributed by atoms with van der Waals surface area (Å²) in [6.07, 6.45) is 4.63. The summed E-state index contributed by atoms with van der Waals surface area (Å²) < 4.78 is 0. The van der Waals surface area contributed by atoms with Crippen molar-refractivity contribution in [3.05, 3.63) is 23.8 Å². The first kappa shape index (κ1) is 10.9. The van der Waals surface area contributed by atoms with Gasteiger partial charge in [-0.1, -0.05) is 17.6 Å². The van der Waals surface area contributed by atoms with Gasteiger partial charge in [0.15, 0.2) is 0 Å². The summed E-state index contributed by atoms with van der Waals surface area (Å²) in [4.78, 5) is 13.8. The molecule has 17 heavy (non-hydrogen) atoms. The molecule has 1 aliphatic heterocycles. The molecule has 2 radical (unpaired) electrons. The van der Waals surface area contributed by atoms with Crippen LogP contribution < -0.4 is 10.4 Å². The third-order valence-electron chi connectivity index (χ3n) is 3.99. The van der Waals surface area contributed by atoms with Crippen molar-refractivity contribution in [1.29, 1.82) is 0 Å². The van der Waals surface area contributed by atoms with Crippen LogP contribution in [0.3, 0.4) is 0 Å². The second-order valence-corrected chi connectivity index (χ2v) is 5.10. The number of hydrogen-bond acceptors (Lipinski definition) is 2. The van der Waals surface area contributed by atoms with Crippen LogP contribution in [0, 0.1) is 0 Å². The molecule has 0 spiro atoms. The highest BCUT2D eigenvalue weighted by atomic mass is 16.1. The Labute approximate surface area is 103 Å². The molecule has 3 heteroatoms. The summed E-state index contributed by atoms with van der Waals surface area (Å²) in [5.41, 5.74) is 3.55. The largest absolute Gasteiger partial charge is 0.368 e. The van der Waals surface area contributed by atoms with E-state index in [0.29, 0.717) is 11.8 Å². The molecule has 1 saturated carbocycles.